The van der Waals surface area contributed by atoms with Crippen molar-refractivity contribution in [3.05, 3.63) is 64.5 Å². The normalized spacial score (nSPS) is 20.3. The SMILES string of the molecule is NC(=O)C1CCC(n2c(Nc3c(Cl)cc(F)cc3Cl)nc3cnc(NC4CCCN(C(=O)Nc5ccccc5)C4)nc32)CC1. The van der Waals surface area contributed by atoms with Gasteiger partial charge in [-0.2, -0.15) is 4.98 Å². The molecule has 0 bridgehead atoms. The van der Waals surface area contributed by atoms with Crippen LogP contribution in [0, 0.1) is 11.7 Å². The van der Waals surface area contributed by atoms with E-state index in [1.165, 1.54) is 12.1 Å². The second-order valence-corrected chi connectivity index (χ2v) is 12.0. The number of primary amides is 1. The van der Waals surface area contributed by atoms with E-state index in [-0.39, 0.29) is 40.0 Å². The maximum atomic E-state index is 13.9. The summed E-state index contributed by atoms with van der Waals surface area (Å²) in [5, 5.41) is 9.76. The van der Waals surface area contributed by atoms with Gasteiger partial charge in [0.2, 0.25) is 17.8 Å². The first kappa shape index (κ1) is 29.9. The fourth-order valence-corrected chi connectivity index (χ4v) is 6.53. The number of urea groups is 1. The Hall–Kier alpha value is -4.16. The first-order valence-electron chi connectivity index (χ1n) is 14.6. The largest absolute Gasteiger partial charge is 0.369 e. The number of imidazole rings is 1. The molecule has 44 heavy (non-hydrogen) atoms. The van der Waals surface area contributed by atoms with Crippen molar-refractivity contribution >= 4 is 69.6 Å². The highest BCUT2D eigenvalue weighted by molar-refractivity contribution is 6.39. The number of hydrogen-bond acceptors (Lipinski definition) is 7. The molecule has 5 N–H and O–H groups in total. The topological polar surface area (TPSA) is 143 Å². The zero-order chi connectivity index (χ0) is 30.8. The lowest BCUT2D eigenvalue weighted by atomic mass is 9.85. The minimum atomic E-state index is -0.552. The van der Waals surface area contributed by atoms with E-state index < -0.39 is 5.82 Å². The number of likely N-dealkylation sites (tertiary alicyclic amines) is 1. The highest BCUT2D eigenvalue weighted by Gasteiger charge is 2.30. The van der Waals surface area contributed by atoms with Crippen molar-refractivity contribution in [1.82, 2.24) is 24.4 Å². The van der Waals surface area contributed by atoms with E-state index in [9.17, 15) is 14.0 Å². The van der Waals surface area contributed by atoms with Crippen LogP contribution >= 0.6 is 23.2 Å². The van der Waals surface area contributed by atoms with Crippen molar-refractivity contribution in [2.24, 2.45) is 11.7 Å². The molecule has 1 aliphatic carbocycles. The van der Waals surface area contributed by atoms with Crippen LogP contribution in [-0.4, -0.2) is 55.5 Å². The maximum Gasteiger partial charge on any atom is 0.321 e. The third kappa shape index (κ3) is 6.51. The van der Waals surface area contributed by atoms with E-state index in [1.54, 1.807) is 11.1 Å². The summed E-state index contributed by atoms with van der Waals surface area (Å²) in [6.45, 7) is 1.14. The number of carbonyl (C=O) groups is 2. The van der Waals surface area contributed by atoms with E-state index in [1.807, 2.05) is 34.9 Å². The summed E-state index contributed by atoms with van der Waals surface area (Å²) in [4.78, 5) is 40.7. The predicted molar refractivity (Wildman–Crippen MR) is 169 cm³/mol. The van der Waals surface area contributed by atoms with Crippen LogP contribution in [0.25, 0.3) is 11.2 Å². The number of amides is 3. The Labute approximate surface area is 263 Å². The number of nitrogens with two attached hydrogens (primary N) is 1. The Bertz CT molecular complexity index is 1660. The zero-order valence-electron chi connectivity index (χ0n) is 23.8. The van der Waals surface area contributed by atoms with Gasteiger partial charge >= 0.3 is 6.03 Å². The number of halogens is 3. The summed E-state index contributed by atoms with van der Waals surface area (Å²) in [5.41, 5.74) is 7.77. The van der Waals surface area contributed by atoms with Crippen molar-refractivity contribution in [3.63, 3.8) is 0 Å². The van der Waals surface area contributed by atoms with E-state index in [4.69, 9.17) is 38.9 Å². The predicted octanol–water partition coefficient (Wildman–Crippen LogP) is 6.34. The number of benzene rings is 2. The number of para-hydroxylation sites is 1. The van der Waals surface area contributed by atoms with Crippen LogP contribution < -0.4 is 21.7 Å². The molecule has 2 aromatic carbocycles. The molecule has 230 valence electrons. The number of fused-ring (bicyclic) bond motifs is 1. The molecule has 0 radical (unpaired) electrons. The fourth-order valence-electron chi connectivity index (χ4n) is 5.97. The fraction of sp³-hybridized carbons (Fsp3) is 0.367. The first-order valence-corrected chi connectivity index (χ1v) is 15.3. The summed E-state index contributed by atoms with van der Waals surface area (Å²) in [7, 11) is 0. The summed E-state index contributed by atoms with van der Waals surface area (Å²) in [6, 6.07) is 11.5. The second-order valence-electron chi connectivity index (χ2n) is 11.2. The van der Waals surface area contributed by atoms with E-state index in [0.717, 1.165) is 18.5 Å². The highest BCUT2D eigenvalue weighted by atomic mass is 35.5. The first-order chi connectivity index (χ1) is 21.2. The van der Waals surface area contributed by atoms with E-state index in [2.05, 4.69) is 20.9 Å². The Balaban J connectivity index is 1.26. The van der Waals surface area contributed by atoms with Crippen molar-refractivity contribution < 1.29 is 14.0 Å². The van der Waals surface area contributed by atoms with Crippen molar-refractivity contribution in [3.8, 4) is 0 Å². The number of aromatic nitrogens is 4. The number of piperidine rings is 1. The number of anilines is 4. The molecule has 2 fully saturated rings. The minimum Gasteiger partial charge on any atom is -0.369 e. The highest BCUT2D eigenvalue weighted by Crippen LogP contribution is 2.39. The molecule has 1 saturated heterocycles. The van der Waals surface area contributed by atoms with Gasteiger partial charge in [0.05, 0.1) is 21.9 Å². The molecule has 1 aliphatic heterocycles. The Morgan fingerprint density at radius 3 is 2.43 bits per heavy atom. The molecular formula is C30H32Cl2FN9O2. The molecule has 3 heterocycles. The lowest BCUT2D eigenvalue weighted by molar-refractivity contribution is -0.122. The van der Waals surface area contributed by atoms with Crippen LogP contribution in [0.5, 0.6) is 0 Å². The molecule has 1 saturated carbocycles. The van der Waals surface area contributed by atoms with Crippen LogP contribution in [0.2, 0.25) is 10.0 Å². The molecule has 2 aliphatic rings. The molecule has 11 nitrogen and oxygen atoms in total. The van der Waals surface area contributed by atoms with E-state index in [0.29, 0.717) is 67.5 Å². The standard InChI is InChI=1S/C30H32Cl2FN9O2/c31-22-13-18(33)14-23(32)25(22)39-29-38-24-15-35-28(40-27(24)42(29)21-10-8-17(9-11-21)26(34)43)36-20-7-4-12-41(16-20)30(44)37-19-5-2-1-3-6-19/h1-3,5-6,13-15,17,20-21H,4,7-12,16H2,(H2,34,43)(H,37,44)(H,38,39)(H,35,36,40). The Morgan fingerprint density at radius 1 is 1.00 bits per heavy atom. The van der Waals surface area contributed by atoms with Crippen LogP contribution in [0.3, 0.4) is 0 Å². The van der Waals surface area contributed by atoms with Crippen LogP contribution in [0.15, 0.2) is 48.7 Å². The van der Waals surface area contributed by atoms with Crippen molar-refractivity contribution in [2.75, 3.05) is 29.0 Å². The van der Waals surface area contributed by atoms with Gasteiger partial charge in [-0.05, 0) is 62.8 Å². The molecule has 1 unspecified atom stereocenters. The van der Waals surface area contributed by atoms with Gasteiger partial charge in [-0.3, -0.25) is 9.36 Å². The summed E-state index contributed by atoms with van der Waals surface area (Å²) in [5.74, 6) is -0.201. The van der Waals surface area contributed by atoms with E-state index >= 15 is 0 Å². The molecule has 1 atom stereocenters. The van der Waals surface area contributed by atoms with Crippen molar-refractivity contribution in [1.29, 1.82) is 0 Å². The molecule has 4 aromatic rings. The average Bonchev–Trinajstić information content (AvgIpc) is 3.37. The number of carbonyl (C=O) groups excluding carboxylic acids is 2. The Kier molecular flexibility index (Phi) is 8.72. The summed E-state index contributed by atoms with van der Waals surface area (Å²) < 4.78 is 15.9. The molecule has 2 aromatic heterocycles. The summed E-state index contributed by atoms with van der Waals surface area (Å²) >= 11 is 12.7. The van der Waals surface area contributed by atoms with Gasteiger partial charge in [0, 0.05) is 36.8 Å². The number of nitrogens with zero attached hydrogens (tertiary/aromatic N) is 5. The van der Waals surface area contributed by atoms with Gasteiger partial charge in [-0.15, -0.1) is 0 Å². The Morgan fingerprint density at radius 2 is 1.73 bits per heavy atom. The molecule has 0 spiro atoms. The smallest absolute Gasteiger partial charge is 0.321 e. The van der Waals surface area contributed by atoms with Gasteiger partial charge in [0.1, 0.15) is 11.3 Å². The third-order valence-corrected chi connectivity index (χ3v) is 8.80. The number of nitrogens with one attached hydrogen (secondary N) is 3. The van der Waals surface area contributed by atoms with Gasteiger partial charge < -0.3 is 26.6 Å². The lowest BCUT2D eigenvalue weighted by Gasteiger charge is -2.33. The number of hydrogen-bond donors (Lipinski definition) is 4. The van der Waals surface area contributed by atoms with Crippen LogP contribution in [-0.2, 0) is 4.79 Å². The molecular weight excluding hydrogens is 608 g/mol. The van der Waals surface area contributed by atoms with Crippen LogP contribution in [0.1, 0.15) is 44.6 Å². The maximum absolute atomic E-state index is 13.9. The minimum absolute atomic E-state index is 0.0503. The van der Waals surface area contributed by atoms with Gasteiger partial charge in [0.15, 0.2) is 5.65 Å². The van der Waals surface area contributed by atoms with Crippen molar-refractivity contribution in [2.45, 2.75) is 50.6 Å². The molecule has 14 heteroatoms. The molecule has 3 amide bonds. The summed E-state index contributed by atoms with van der Waals surface area (Å²) in [6.07, 6.45) is 5.95. The average molecular weight is 641 g/mol. The lowest BCUT2D eigenvalue weighted by Crippen LogP contribution is -2.47. The van der Waals surface area contributed by atoms with Gasteiger partial charge in [-0.1, -0.05) is 41.4 Å². The molecule has 6 rings (SSSR count). The quantitative estimate of drug-likeness (QED) is 0.185. The van der Waals surface area contributed by atoms with Crippen LogP contribution in [0.4, 0.5) is 32.5 Å². The number of rotatable bonds is 7. The van der Waals surface area contributed by atoms with Gasteiger partial charge in [0.25, 0.3) is 0 Å². The van der Waals surface area contributed by atoms with Gasteiger partial charge in [-0.25, -0.2) is 19.2 Å². The zero-order valence-corrected chi connectivity index (χ0v) is 25.3. The second kappa shape index (κ2) is 12.8. The third-order valence-electron chi connectivity index (χ3n) is 8.21. The monoisotopic (exact) mass is 639 g/mol.